The number of rotatable bonds is 7. The Bertz CT molecular complexity index is 710. The van der Waals surface area contributed by atoms with Gasteiger partial charge in [0.2, 0.25) is 0 Å². The van der Waals surface area contributed by atoms with Crippen LogP contribution in [0.1, 0.15) is 20.8 Å². The van der Waals surface area contributed by atoms with Crippen molar-refractivity contribution in [2.24, 2.45) is 5.41 Å². The van der Waals surface area contributed by atoms with Crippen molar-refractivity contribution in [3.05, 3.63) is 12.5 Å². The van der Waals surface area contributed by atoms with Gasteiger partial charge in [-0.15, -0.1) is 0 Å². The van der Waals surface area contributed by atoms with Gasteiger partial charge < -0.3 is 15.0 Å². The van der Waals surface area contributed by atoms with Crippen LogP contribution in [0.5, 0.6) is 0 Å². The van der Waals surface area contributed by atoms with Gasteiger partial charge in [0, 0.05) is 12.6 Å². The smallest absolute Gasteiger partial charge is 0.327 e. The van der Waals surface area contributed by atoms with Crippen molar-refractivity contribution >= 4 is 22.8 Å². The largest absolute Gasteiger partial charge is 0.468 e. The van der Waals surface area contributed by atoms with Crippen molar-refractivity contribution in [2.75, 3.05) is 33.1 Å². The molecule has 2 aromatic heterocycles. The normalized spacial score (nSPS) is 13.3. The summed E-state index contributed by atoms with van der Waals surface area (Å²) in [6.45, 7) is 7.53. The summed E-state index contributed by atoms with van der Waals surface area (Å²) in [5.41, 5.74) is 0.651. The number of nitrogens with one attached hydrogen (secondary N) is 1. The molecule has 132 valence electrons. The number of carbonyl (C=O) groups excluding carboxylic acids is 1. The maximum absolute atomic E-state index is 11.5. The Hall–Kier alpha value is -2.22. The summed E-state index contributed by atoms with van der Waals surface area (Å²) in [7, 11) is 5.48. The van der Waals surface area contributed by atoms with Crippen LogP contribution in [0, 0.1) is 5.41 Å². The standard InChI is InChI=1S/C16H26N6O2/c1-11(16(2,3)9-21(4)5)20-14-12-7-19-22(8-13(23)24-6)15(12)18-10-17-14/h7,10-11H,8-9H2,1-6H3,(H,17,18,20)/t11-/m0/s1. The van der Waals surface area contributed by atoms with Crippen molar-refractivity contribution < 1.29 is 9.53 Å². The van der Waals surface area contributed by atoms with Gasteiger partial charge in [-0.25, -0.2) is 14.6 Å². The maximum atomic E-state index is 11.5. The number of aromatic nitrogens is 4. The van der Waals surface area contributed by atoms with Crippen LogP contribution in [0.2, 0.25) is 0 Å². The van der Waals surface area contributed by atoms with Crippen LogP contribution in [0.4, 0.5) is 5.82 Å². The Balaban J connectivity index is 2.25. The quantitative estimate of drug-likeness (QED) is 0.766. The third-order valence-electron chi connectivity index (χ3n) is 4.19. The minimum absolute atomic E-state index is 0.0259. The predicted octanol–water partition coefficient (Wildman–Crippen LogP) is 1.39. The molecular formula is C16H26N6O2. The number of ether oxygens (including phenoxy) is 1. The molecule has 8 nitrogen and oxygen atoms in total. The van der Waals surface area contributed by atoms with Crippen molar-refractivity contribution in [3.63, 3.8) is 0 Å². The number of carbonyl (C=O) groups is 1. The lowest BCUT2D eigenvalue weighted by Crippen LogP contribution is -2.41. The first-order valence-corrected chi connectivity index (χ1v) is 7.89. The SMILES string of the molecule is COC(=O)Cn1ncc2c(N[C@@H](C)C(C)(C)CN(C)C)ncnc21. The fourth-order valence-corrected chi connectivity index (χ4v) is 2.66. The van der Waals surface area contributed by atoms with Gasteiger partial charge in [0.1, 0.15) is 18.7 Å². The second kappa shape index (κ2) is 7.12. The number of hydrogen-bond donors (Lipinski definition) is 1. The molecule has 2 aromatic rings. The van der Waals surface area contributed by atoms with Crippen molar-refractivity contribution in [3.8, 4) is 0 Å². The Labute approximate surface area is 142 Å². The second-order valence-corrected chi connectivity index (χ2v) is 6.93. The second-order valence-electron chi connectivity index (χ2n) is 6.93. The van der Waals surface area contributed by atoms with Crippen molar-refractivity contribution in [1.82, 2.24) is 24.6 Å². The van der Waals surface area contributed by atoms with Crippen LogP contribution in [0.25, 0.3) is 11.0 Å². The summed E-state index contributed by atoms with van der Waals surface area (Å²) >= 11 is 0. The van der Waals surface area contributed by atoms with E-state index in [4.69, 9.17) is 0 Å². The molecule has 8 heteroatoms. The highest BCUT2D eigenvalue weighted by atomic mass is 16.5. The van der Waals surface area contributed by atoms with Crippen LogP contribution < -0.4 is 5.32 Å². The Morgan fingerprint density at radius 3 is 2.75 bits per heavy atom. The molecule has 24 heavy (non-hydrogen) atoms. The summed E-state index contributed by atoms with van der Waals surface area (Å²) in [6, 6.07) is 0.182. The van der Waals surface area contributed by atoms with Gasteiger partial charge in [0.25, 0.3) is 0 Å². The number of methoxy groups -OCH3 is 1. The molecular weight excluding hydrogens is 308 g/mol. The molecule has 1 N–H and O–H groups in total. The summed E-state index contributed by atoms with van der Waals surface area (Å²) in [6.07, 6.45) is 3.15. The number of esters is 1. The molecule has 0 radical (unpaired) electrons. The third-order valence-corrected chi connectivity index (χ3v) is 4.19. The first kappa shape index (κ1) is 18.1. The fourth-order valence-electron chi connectivity index (χ4n) is 2.66. The molecule has 1 atom stereocenters. The van der Waals surface area contributed by atoms with E-state index in [0.29, 0.717) is 5.65 Å². The van der Waals surface area contributed by atoms with E-state index in [1.165, 1.54) is 18.1 Å². The summed E-state index contributed by atoms with van der Waals surface area (Å²) in [4.78, 5) is 22.2. The van der Waals surface area contributed by atoms with Crippen LogP contribution >= 0.6 is 0 Å². The van der Waals surface area contributed by atoms with Crippen LogP contribution in [-0.4, -0.2) is 64.4 Å². The average molecular weight is 334 g/mol. The lowest BCUT2D eigenvalue weighted by molar-refractivity contribution is -0.141. The lowest BCUT2D eigenvalue weighted by Gasteiger charge is -2.35. The number of anilines is 1. The van der Waals surface area contributed by atoms with Gasteiger partial charge in [-0.3, -0.25) is 4.79 Å². The van der Waals surface area contributed by atoms with Gasteiger partial charge in [0.15, 0.2) is 5.65 Å². The van der Waals surface area contributed by atoms with E-state index in [1.807, 2.05) is 0 Å². The Morgan fingerprint density at radius 1 is 1.42 bits per heavy atom. The molecule has 0 saturated heterocycles. The molecule has 0 aliphatic rings. The summed E-state index contributed by atoms with van der Waals surface area (Å²) < 4.78 is 6.20. The van der Waals surface area contributed by atoms with Crippen LogP contribution in [0.15, 0.2) is 12.5 Å². The first-order chi connectivity index (χ1) is 11.2. The van der Waals surface area contributed by atoms with E-state index in [1.54, 1.807) is 6.20 Å². The molecule has 0 fully saturated rings. The molecule has 0 aromatic carbocycles. The zero-order valence-corrected chi connectivity index (χ0v) is 15.2. The molecule has 0 saturated carbocycles. The highest BCUT2D eigenvalue weighted by Gasteiger charge is 2.27. The zero-order chi connectivity index (χ0) is 17.9. The van der Waals surface area contributed by atoms with E-state index in [0.717, 1.165) is 17.7 Å². The molecule has 2 heterocycles. The fraction of sp³-hybridized carbons (Fsp3) is 0.625. The average Bonchev–Trinajstić information content (AvgIpc) is 2.90. The molecule has 0 aliphatic carbocycles. The van der Waals surface area contributed by atoms with Gasteiger partial charge in [0.05, 0.1) is 18.7 Å². The molecule has 0 spiro atoms. The molecule has 0 bridgehead atoms. The maximum Gasteiger partial charge on any atom is 0.327 e. The minimum Gasteiger partial charge on any atom is -0.468 e. The van der Waals surface area contributed by atoms with Crippen LogP contribution in [0.3, 0.4) is 0 Å². The molecule has 0 aliphatic heterocycles. The zero-order valence-electron chi connectivity index (χ0n) is 15.2. The van der Waals surface area contributed by atoms with Crippen LogP contribution in [-0.2, 0) is 16.1 Å². The highest BCUT2D eigenvalue weighted by molar-refractivity contribution is 5.87. The summed E-state index contributed by atoms with van der Waals surface area (Å²) in [5.74, 6) is 0.351. The van der Waals surface area contributed by atoms with E-state index in [-0.39, 0.29) is 24.0 Å². The lowest BCUT2D eigenvalue weighted by atomic mass is 9.85. The predicted molar refractivity (Wildman–Crippen MR) is 92.8 cm³/mol. The third kappa shape index (κ3) is 4.00. The molecule has 0 unspecified atom stereocenters. The number of fused-ring (bicyclic) bond motifs is 1. The van der Waals surface area contributed by atoms with E-state index >= 15 is 0 Å². The van der Waals surface area contributed by atoms with E-state index in [9.17, 15) is 4.79 Å². The van der Waals surface area contributed by atoms with Crippen molar-refractivity contribution in [2.45, 2.75) is 33.4 Å². The van der Waals surface area contributed by atoms with Gasteiger partial charge in [-0.1, -0.05) is 13.8 Å². The number of nitrogens with zero attached hydrogens (tertiary/aromatic N) is 5. The van der Waals surface area contributed by atoms with E-state index < -0.39 is 0 Å². The highest BCUT2D eigenvalue weighted by Crippen LogP contribution is 2.26. The van der Waals surface area contributed by atoms with Crippen molar-refractivity contribution in [1.29, 1.82) is 0 Å². The monoisotopic (exact) mass is 334 g/mol. The number of hydrogen-bond acceptors (Lipinski definition) is 7. The van der Waals surface area contributed by atoms with Gasteiger partial charge in [-0.2, -0.15) is 5.10 Å². The molecule has 2 rings (SSSR count). The van der Waals surface area contributed by atoms with Gasteiger partial charge >= 0.3 is 5.97 Å². The topological polar surface area (TPSA) is 85.2 Å². The Kier molecular flexibility index (Phi) is 5.38. The minimum atomic E-state index is -0.367. The molecule has 0 amide bonds. The Morgan fingerprint density at radius 2 is 2.12 bits per heavy atom. The first-order valence-electron chi connectivity index (χ1n) is 7.89. The summed E-state index contributed by atoms with van der Waals surface area (Å²) in [5, 5.41) is 8.48. The van der Waals surface area contributed by atoms with E-state index in [2.05, 4.69) is 64.9 Å². The van der Waals surface area contributed by atoms with Gasteiger partial charge in [-0.05, 0) is 26.4 Å².